The molecule has 1 aromatic heterocycles. The van der Waals surface area contributed by atoms with Crippen molar-refractivity contribution in [1.29, 1.82) is 0 Å². The SMILES string of the molecule is O[C@@]1(c2ccccc2)[C@@H]2CC[C@H]1C[C@H](OCc1c(-c3c(Cl)cccc3Cl)noc1C1CC1)C2. The quantitative estimate of drug-likeness (QED) is 0.405. The minimum absolute atomic E-state index is 0.100. The number of benzene rings is 2. The summed E-state index contributed by atoms with van der Waals surface area (Å²) in [7, 11) is 0. The Labute approximate surface area is 203 Å². The van der Waals surface area contributed by atoms with Crippen molar-refractivity contribution in [2.24, 2.45) is 11.8 Å². The first-order valence-electron chi connectivity index (χ1n) is 11.9. The van der Waals surface area contributed by atoms with Gasteiger partial charge >= 0.3 is 0 Å². The van der Waals surface area contributed by atoms with E-state index < -0.39 is 5.60 Å². The Hall–Kier alpha value is -1.85. The van der Waals surface area contributed by atoms with E-state index >= 15 is 0 Å². The molecule has 0 amide bonds. The molecule has 0 aliphatic heterocycles. The van der Waals surface area contributed by atoms with Crippen molar-refractivity contribution in [2.75, 3.05) is 0 Å². The molecule has 4 nitrogen and oxygen atoms in total. The summed E-state index contributed by atoms with van der Waals surface area (Å²) in [5.41, 5.74) is 2.66. The van der Waals surface area contributed by atoms with Crippen LogP contribution in [0, 0.1) is 11.8 Å². The van der Waals surface area contributed by atoms with Crippen LogP contribution in [-0.4, -0.2) is 16.4 Å². The Bertz CT molecular complexity index is 1120. The topological polar surface area (TPSA) is 55.5 Å². The Morgan fingerprint density at radius 2 is 1.61 bits per heavy atom. The van der Waals surface area contributed by atoms with Gasteiger partial charge in [0.15, 0.2) is 0 Å². The number of hydrogen-bond donors (Lipinski definition) is 1. The van der Waals surface area contributed by atoms with E-state index in [0.29, 0.717) is 33.8 Å². The Morgan fingerprint density at radius 1 is 0.939 bits per heavy atom. The van der Waals surface area contributed by atoms with E-state index in [-0.39, 0.29) is 17.9 Å². The highest BCUT2D eigenvalue weighted by atomic mass is 35.5. The van der Waals surface area contributed by atoms with Gasteiger partial charge in [-0.15, -0.1) is 0 Å². The molecule has 6 rings (SSSR count). The van der Waals surface area contributed by atoms with Gasteiger partial charge in [0.05, 0.1) is 28.4 Å². The van der Waals surface area contributed by atoms with Crippen LogP contribution in [0.25, 0.3) is 11.3 Å². The van der Waals surface area contributed by atoms with Crippen molar-refractivity contribution in [3.63, 3.8) is 0 Å². The lowest BCUT2D eigenvalue weighted by Crippen LogP contribution is -2.44. The van der Waals surface area contributed by atoms with Gasteiger partial charge in [0.2, 0.25) is 0 Å². The molecule has 3 aliphatic rings. The number of ether oxygens (including phenoxy) is 1. The summed E-state index contributed by atoms with van der Waals surface area (Å²) in [5, 5.41) is 17.2. The second-order valence-electron chi connectivity index (χ2n) is 9.81. The van der Waals surface area contributed by atoms with E-state index in [2.05, 4.69) is 17.3 Å². The maximum Gasteiger partial charge on any atom is 0.145 e. The van der Waals surface area contributed by atoms with Gasteiger partial charge < -0.3 is 14.4 Å². The van der Waals surface area contributed by atoms with Gasteiger partial charge in [0.25, 0.3) is 0 Å². The first-order chi connectivity index (χ1) is 16.1. The molecule has 2 bridgehead atoms. The number of halogens is 2. The predicted octanol–water partition coefficient (Wildman–Crippen LogP) is 7.12. The maximum atomic E-state index is 11.7. The number of rotatable bonds is 6. The van der Waals surface area contributed by atoms with Gasteiger partial charge in [-0.3, -0.25) is 0 Å². The van der Waals surface area contributed by atoms with E-state index in [1.54, 1.807) is 0 Å². The number of hydrogen-bond acceptors (Lipinski definition) is 4. The first-order valence-corrected chi connectivity index (χ1v) is 12.6. The summed E-state index contributed by atoms with van der Waals surface area (Å²) < 4.78 is 12.3. The standard InChI is InChI=1S/C27H27Cl2NO3/c28-22-7-4-8-23(29)24(22)25-21(26(33-30-25)16-9-10-16)15-32-20-13-18-11-12-19(14-20)27(18,31)17-5-2-1-3-6-17/h1-8,16,18-20,31H,9-15H2/t18-,19+,20-,27+. The van der Waals surface area contributed by atoms with Crippen molar-refractivity contribution in [3.05, 3.63) is 75.5 Å². The van der Waals surface area contributed by atoms with Gasteiger partial charge in [0.1, 0.15) is 11.5 Å². The molecule has 0 spiro atoms. The molecule has 3 aliphatic carbocycles. The minimum atomic E-state index is -0.742. The first kappa shape index (κ1) is 21.7. The van der Waals surface area contributed by atoms with E-state index in [4.69, 9.17) is 32.5 Å². The third kappa shape index (κ3) is 3.72. The van der Waals surface area contributed by atoms with Crippen molar-refractivity contribution in [3.8, 4) is 11.3 Å². The third-order valence-electron chi connectivity index (χ3n) is 7.87. The van der Waals surface area contributed by atoms with Crippen molar-refractivity contribution >= 4 is 23.2 Å². The van der Waals surface area contributed by atoms with E-state index in [1.165, 1.54) is 0 Å². The highest BCUT2D eigenvalue weighted by molar-refractivity contribution is 6.39. The molecule has 0 saturated heterocycles. The Balaban J connectivity index is 1.24. The van der Waals surface area contributed by atoms with Crippen LogP contribution in [0.2, 0.25) is 10.0 Å². The summed E-state index contributed by atoms with van der Waals surface area (Å²) >= 11 is 13.0. The normalized spacial score (nSPS) is 28.9. The highest BCUT2D eigenvalue weighted by Gasteiger charge is 2.54. The smallest absolute Gasteiger partial charge is 0.145 e. The van der Waals surface area contributed by atoms with Gasteiger partial charge in [-0.2, -0.15) is 0 Å². The van der Waals surface area contributed by atoms with Gasteiger partial charge in [-0.05, 0) is 68.1 Å². The van der Waals surface area contributed by atoms with E-state index in [9.17, 15) is 5.11 Å². The van der Waals surface area contributed by atoms with Crippen LogP contribution in [0.5, 0.6) is 0 Å². The fourth-order valence-electron chi connectivity index (χ4n) is 6.06. The summed E-state index contributed by atoms with van der Waals surface area (Å²) in [4.78, 5) is 0. The van der Waals surface area contributed by atoms with Crippen molar-refractivity contribution < 1.29 is 14.4 Å². The number of aromatic nitrogens is 1. The molecule has 0 unspecified atom stereocenters. The highest BCUT2D eigenvalue weighted by Crippen LogP contribution is 2.56. The summed E-state index contributed by atoms with van der Waals surface area (Å²) in [6, 6.07) is 15.6. The molecular weight excluding hydrogens is 457 g/mol. The Morgan fingerprint density at radius 3 is 2.24 bits per heavy atom. The molecule has 3 fully saturated rings. The number of nitrogens with zero attached hydrogens (tertiary/aromatic N) is 1. The van der Waals surface area contributed by atoms with Crippen LogP contribution < -0.4 is 0 Å². The molecule has 3 aromatic rings. The lowest BCUT2D eigenvalue weighted by molar-refractivity contribution is -0.116. The fraction of sp³-hybridized carbons (Fsp3) is 0.444. The second-order valence-corrected chi connectivity index (χ2v) is 10.6. The molecule has 3 saturated carbocycles. The minimum Gasteiger partial charge on any atom is -0.385 e. The monoisotopic (exact) mass is 483 g/mol. The molecule has 0 radical (unpaired) electrons. The average Bonchev–Trinajstić information content (AvgIpc) is 3.56. The molecule has 172 valence electrons. The molecule has 6 heteroatoms. The molecule has 1 N–H and O–H groups in total. The molecular formula is C27H27Cl2NO3. The van der Waals surface area contributed by atoms with Gasteiger partial charge in [-0.25, -0.2) is 0 Å². The summed E-state index contributed by atoms with van der Waals surface area (Å²) in [6.07, 6.45) is 6.10. The van der Waals surface area contributed by atoms with Gasteiger partial charge in [-0.1, -0.05) is 64.8 Å². The van der Waals surface area contributed by atoms with Crippen LogP contribution in [-0.2, 0) is 16.9 Å². The lowest BCUT2D eigenvalue weighted by atomic mass is 9.69. The summed E-state index contributed by atoms with van der Waals surface area (Å²) in [6.45, 7) is 0.417. The second kappa shape index (κ2) is 8.42. The lowest BCUT2D eigenvalue weighted by Gasteiger charge is -2.43. The zero-order valence-electron chi connectivity index (χ0n) is 18.3. The summed E-state index contributed by atoms with van der Waals surface area (Å²) in [5.74, 6) is 1.73. The van der Waals surface area contributed by atoms with Crippen molar-refractivity contribution in [1.82, 2.24) is 5.16 Å². The van der Waals surface area contributed by atoms with Crippen LogP contribution >= 0.6 is 23.2 Å². The zero-order valence-corrected chi connectivity index (χ0v) is 19.9. The predicted molar refractivity (Wildman–Crippen MR) is 128 cm³/mol. The van der Waals surface area contributed by atoms with E-state index in [1.807, 2.05) is 36.4 Å². The molecule has 2 aromatic carbocycles. The molecule has 4 atom stereocenters. The number of fused-ring (bicyclic) bond motifs is 2. The van der Waals surface area contributed by atoms with Crippen LogP contribution in [0.1, 0.15) is 61.3 Å². The largest absolute Gasteiger partial charge is 0.385 e. The third-order valence-corrected chi connectivity index (χ3v) is 8.50. The maximum absolute atomic E-state index is 11.7. The van der Waals surface area contributed by atoms with Crippen molar-refractivity contribution in [2.45, 2.75) is 62.8 Å². The van der Waals surface area contributed by atoms with Crippen LogP contribution in [0.3, 0.4) is 0 Å². The van der Waals surface area contributed by atoms with Crippen LogP contribution in [0.15, 0.2) is 53.1 Å². The zero-order chi connectivity index (χ0) is 22.6. The average molecular weight is 484 g/mol. The molecule has 33 heavy (non-hydrogen) atoms. The molecule has 1 heterocycles. The Kier molecular flexibility index (Phi) is 5.53. The van der Waals surface area contributed by atoms with Crippen LogP contribution in [0.4, 0.5) is 0 Å². The van der Waals surface area contributed by atoms with Gasteiger partial charge in [0, 0.05) is 17.0 Å². The number of aliphatic hydroxyl groups is 1. The van der Waals surface area contributed by atoms with E-state index in [0.717, 1.165) is 55.4 Å². The fourth-order valence-corrected chi connectivity index (χ4v) is 6.64.